The van der Waals surface area contributed by atoms with Crippen molar-refractivity contribution in [2.45, 2.75) is 39.7 Å². The number of hydrogen-bond acceptors (Lipinski definition) is 4. The fourth-order valence-electron chi connectivity index (χ4n) is 2.31. The second-order valence-electron chi connectivity index (χ2n) is 4.94. The highest BCUT2D eigenvalue weighted by Crippen LogP contribution is 2.27. The van der Waals surface area contributed by atoms with Gasteiger partial charge in [0.2, 0.25) is 0 Å². The molecule has 2 heterocycles. The first kappa shape index (κ1) is 14.9. The molecule has 5 nitrogen and oxygen atoms in total. The highest BCUT2D eigenvalue weighted by Gasteiger charge is 2.19. The lowest BCUT2D eigenvalue weighted by atomic mass is 9.99. The Hall–Kier alpha value is -1.46. The van der Waals surface area contributed by atoms with Crippen molar-refractivity contribution in [2.24, 2.45) is 7.05 Å². The van der Waals surface area contributed by atoms with Gasteiger partial charge in [0.15, 0.2) is 0 Å². The van der Waals surface area contributed by atoms with Crippen LogP contribution >= 0.6 is 11.6 Å². The first-order chi connectivity index (χ1) is 9.43. The fraction of sp³-hybridized carbons (Fsp3) is 0.500. The van der Waals surface area contributed by atoms with Crippen LogP contribution in [0.5, 0.6) is 0 Å². The van der Waals surface area contributed by atoms with Crippen LogP contribution in [0.1, 0.15) is 41.2 Å². The molecular weight excluding hydrogens is 276 g/mol. The number of aryl methyl sites for hydroxylation is 4. The molecule has 2 aromatic rings. The molecule has 0 saturated carbocycles. The smallest absolute Gasteiger partial charge is 0.130 e. The summed E-state index contributed by atoms with van der Waals surface area (Å²) < 4.78 is 1.62. The van der Waals surface area contributed by atoms with E-state index in [0.717, 1.165) is 34.6 Å². The van der Waals surface area contributed by atoms with E-state index in [1.165, 1.54) is 0 Å². The topological polar surface area (TPSA) is 63.8 Å². The molecule has 0 fully saturated rings. The zero-order valence-corrected chi connectivity index (χ0v) is 12.9. The minimum atomic E-state index is -0.653. The standard InChI is InChI=1S/C14H19ClN4O/c1-5-12-11(6-8(2)16-17-12)13(20)7-10-9(3)18-19(4)14(10)15/h6,13,20H,5,7H2,1-4H3. The minimum Gasteiger partial charge on any atom is -0.388 e. The van der Waals surface area contributed by atoms with Crippen LogP contribution in [0.2, 0.25) is 5.15 Å². The van der Waals surface area contributed by atoms with Gasteiger partial charge in [0.25, 0.3) is 0 Å². The SMILES string of the molecule is CCc1nnc(C)cc1C(O)Cc1c(C)nn(C)c1Cl. The van der Waals surface area contributed by atoms with Gasteiger partial charge in [0.1, 0.15) is 5.15 Å². The zero-order valence-electron chi connectivity index (χ0n) is 12.2. The zero-order chi connectivity index (χ0) is 14.9. The number of aliphatic hydroxyl groups excluding tert-OH is 1. The Balaban J connectivity index is 2.32. The molecule has 0 bridgehead atoms. The number of hydrogen-bond donors (Lipinski definition) is 1. The summed E-state index contributed by atoms with van der Waals surface area (Å²) in [6.07, 6.45) is 0.510. The van der Waals surface area contributed by atoms with Gasteiger partial charge in [-0.15, -0.1) is 0 Å². The Kier molecular flexibility index (Phi) is 4.40. The van der Waals surface area contributed by atoms with E-state index in [0.29, 0.717) is 11.6 Å². The van der Waals surface area contributed by atoms with Crippen molar-refractivity contribution in [1.82, 2.24) is 20.0 Å². The Morgan fingerprint density at radius 3 is 2.60 bits per heavy atom. The molecule has 0 aliphatic heterocycles. The number of halogens is 1. The molecule has 1 N–H and O–H groups in total. The summed E-state index contributed by atoms with van der Waals surface area (Å²) in [5, 5.41) is 23.5. The Morgan fingerprint density at radius 1 is 1.35 bits per heavy atom. The van der Waals surface area contributed by atoms with Gasteiger partial charge >= 0.3 is 0 Å². The van der Waals surface area contributed by atoms with Crippen LogP contribution in [0, 0.1) is 13.8 Å². The van der Waals surface area contributed by atoms with Crippen molar-refractivity contribution in [3.63, 3.8) is 0 Å². The average Bonchev–Trinajstić information content (AvgIpc) is 2.65. The monoisotopic (exact) mass is 294 g/mol. The molecule has 0 radical (unpaired) electrons. The molecule has 2 rings (SSSR count). The van der Waals surface area contributed by atoms with Crippen LogP contribution < -0.4 is 0 Å². The summed E-state index contributed by atoms with van der Waals surface area (Å²) in [5.41, 5.74) is 4.15. The third-order valence-corrected chi connectivity index (χ3v) is 3.86. The first-order valence-electron chi connectivity index (χ1n) is 6.63. The largest absolute Gasteiger partial charge is 0.388 e. The highest BCUT2D eigenvalue weighted by atomic mass is 35.5. The molecule has 1 atom stereocenters. The fourth-order valence-corrected chi connectivity index (χ4v) is 2.56. The normalized spacial score (nSPS) is 12.7. The van der Waals surface area contributed by atoms with Crippen LogP contribution in [0.15, 0.2) is 6.07 Å². The van der Waals surface area contributed by atoms with E-state index < -0.39 is 6.10 Å². The predicted octanol–water partition coefficient (Wildman–Crippen LogP) is 2.32. The van der Waals surface area contributed by atoms with E-state index in [-0.39, 0.29) is 0 Å². The Morgan fingerprint density at radius 2 is 2.05 bits per heavy atom. The maximum absolute atomic E-state index is 10.5. The second kappa shape index (κ2) is 5.89. The minimum absolute atomic E-state index is 0.427. The third kappa shape index (κ3) is 2.83. The Labute approximate surface area is 123 Å². The number of nitrogens with zero attached hydrogens (tertiary/aromatic N) is 4. The van der Waals surface area contributed by atoms with Crippen molar-refractivity contribution in [3.05, 3.63) is 39.4 Å². The summed E-state index contributed by atoms with van der Waals surface area (Å²) >= 11 is 6.21. The maximum Gasteiger partial charge on any atom is 0.130 e. The van der Waals surface area contributed by atoms with Gasteiger partial charge in [0, 0.05) is 24.6 Å². The molecule has 0 saturated heterocycles. The van der Waals surface area contributed by atoms with Gasteiger partial charge in [0.05, 0.1) is 23.2 Å². The lowest BCUT2D eigenvalue weighted by Crippen LogP contribution is -2.09. The lowest BCUT2D eigenvalue weighted by Gasteiger charge is -2.14. The number of aromatic nitrogens is 4. The molecule has 108 valence electrons. The van der Waals surface area contributed by atoms with E-state index in [1.807, 2.05) is 26.8 Å². The summed E-state index contributed by atoms with van der Waals surface area (Å²) in [5.74, 6) is 0. The van der Waals surface area contributed by atoms with Gasteiger partial charge in [-0.05, 0) is 26.3 Å². The molecule has 0 amide bonds. The van der Waals surface area contributed by atoms with Crippen molar-refractivity contribution < 1.29 is 5.11 Å². The van der Waals surface area contributed by atoms with E-state index >= 15 is 0 Å². The first-order valence-corrected chi connectivity index (χ1v) is 7.01. The lowest BCUT2D eigenvalue weighted by molar-refractivity contribution is 0.176. The van der Waals surface area contributed by atoms with Crippen LogP contribution in [0.4, 0.5) is 0 Å². The maximum atomic E-state index is 10.5. The van der Waals surface area contributed by atoms with Crippen LogP contribution in [0.3, 0.4) is 0 Å². The quantitative estimate of drug-likeness (QED) is 0.940. The highest BCUT2D eigenvalue weighted by molar-refractivity contribution is 6.30. The van der Waals surface area contributed by atoms with Crippen molar-refractivity contribution in [1.29, 1.82) is 0 Å². The average molecular weight is 295 g/mol. The predicted molar refractivity (Wildman–Crippen MR) is 77.8 cm³/mol. The van der Waals surface area contributed by atoms with Crippen LogP contribution in [-0.4, -0.2) is 25.1 Å². The van der Waals surface area contributed by atoms with E-state index in [4.69, 9.17) is 11.6 Å². The molecule has 20 heavy (non-hydrogen) atoms. The molecule has 0 spiro atoms. The van der Waals surface area contributed by atoms with Gasteiger partial charge in [-0.3, -0.25) is 4.68 Å². The van der Waals surface area contributed by atoms with Gasteiger partial charge in [-0.1, -0.05) is 18.5 Å². The van der Waals surface area contributed by atoms with E-state index in [2.05, 4.69) is 15.3 Å². The Bertz CT molecular complexity index is 624. The summed E-state index contributed by atoms with van der Waals surface area (Å²) in [6.45, 7) is 5.76. The van der Waals surface area contributed by atoms with E-state index in [1.54, 1.807) is 11.7 Å². The molecule has 0 aliphatic rings. The van der Waals surface area contributed by atoms with Crippen LogP contribution in [-0.2, 0) is 19.9 Å². The molecule has 1 unspecified atom stereocenters. The molecule has 2 aromatic heterocycles. The van der Waals surface area contributed by atoms with Gasteiger partial charge in [-0.2, -0.15) is 15.3 Å². The number of aliphatic hydroxyl groups is 1. The van der Waals surface area contributed by atoms with Gasteiger partial charge < -0.3 is 5.11 Å². The summed E-state index contributed by atoms with van der Waals surface area (Å²) in [6, 6.07) is 1.89. The molecule has 6 heteroatoms. The summed E-state index contributed by atoms with van der Waals surface area (Å²) in [7, 11) is 1.79. The third-order valence-electron chi connectivity index (χ3n) is 3.39. The molecular formula is C14H19ClN4O. The van der Waals surface area contributed by atoms with Crippen molar-refractivity contribution in [3.8, 4) is 0 Å². The van der Waals surface area contributed by atoms with Gasteiger partial charge in [-0.25, -0.2) is 0 Å². The molecule has 0 aliphatic carbocycles. The van der Waals surface area contributed by atoms with Crippen LogP contribution in [0.25, 0.3) is 0 Å². The second-order valence-corrected chi connectivity index (χ2v) is 5.30. The molecule has 0 aromatic carbocycles. The van der Waals surface area contributed by atoms with Crippen molar-refractivity contribution >= 4 is 11.6 Å². The van der Waals surface area contributed by atoms with E-state index in [9.17, 15) is 5.11 Å². The van der Waals surface area contributed by atoms with Crippen molar-refractivity contribution in [2.75, 3.05) is 0 Å². The summed E-state index contributed by atoms with van der Waals surface area (Å²) in [4.78, 5) is 0. The number of rotatable bonds is 4.